The van der Waals surface area contributed by atoms with Crippen LogP contribution < -0.4 is 16.0 Å². The zero-order valence-corrected chi connectivity index (χ0v) is 16.3. The Hall–Kier alpha value is -2.35. The van der Waals surface area contributed by atoms with Crippen LogP contribution in [0.15, 0.2) is 29.4 Å². The molecule has 0 bridgehead atoms. The van der Waals surface area contributed by atoms with Crippen molar-refractivity contribution in [3.8, 4) is 0 Å². The van der Waals surface area contributed by atoms with Gasteiger partial charge in [-0.25, -0.2) is 14.8 Å². The predicted molar refractivity (Wildman–Crippen MR) is 105 cm³/mol. The topological polar surface area (TPSA) is 96.0 Å². The third-order valence-electron chi connectivity index (χ3n) is 3.49. The van der Waals surface area contributed by atoms with Crippen LogP contribution in [0.25, 0.3) is 10.9 Å². The molecule has 0 spiro atoms. The van der Waals surface area contributed by atoms with E-state index in [2.05, 4.69) is 25.9 Å². The van der Waals surface area contributed by atoms with E-state index in [1.165, 1.54) is 11.8 Å². The molecule has 2 aromatic rings. The Balaban J connectivity index is 2.07. The van der Waals surface area contributed by atoms with Gasteiger partial charge in [-0.15, -0.1) is 0 Å². The minimum atomic E-state index is -0.504. The van der Waals surface area contributed by atoms with Crippen LogP contribution in [0, 0.1) is 5.92 Å². The number of hydrogen-bond acceptors (Lipinski definition) is 6. The number of carbonyl (C=O) groups excluding carboxylic acids is 2. The fourth-order valence-corrected chi connectivity index (χ4v) is 2.95. The molecular weight excluding hydrogens is 350 g/mol. The summed E-state index contributed by atoms with van der Waals surface area (Å²) < 4.78 is 0. The van der Waals surface area contributed by atoms with Crippen molar-refractivity contribution in [1.82, 2.24) is 20.6 Å². The molecule has 0 saturated carbocycles. The Morgan fingerprint density at radius 1 is 1.15 bits per heavy atom. The number of fused-ring (bicyclic) bond motifs is 1. The first-order chi connectivity index (χ1) is 12.4. The molecule has 2 rings (SSSR count). The smallest absolute Gasteiger partial charge is 0.321 e. The molecule has 1 unspecified atom stereocenters. The molecule has 0 radical (unpaired) electrons. The van der Waals surface area contributed by atoms with E-state index in [9.17, 15) is 9.59 Å². The summed E-state index contributed by atoms with van der Waals surface area (Å²) in [4.78, 5) is 33.0. The van der Waals surface area contributed by atoms with Crippen molar-refractivity contribution in [3.63, 3.8) is 0 Å². The second kappa shape index (κ2) is 9.38. The van der Waals surface area contributed by atoms with E-state index in [0.717, 1.165) is 23.3 Å². The van der Waals surface area contributed by atoms with E-state index in [4.69, 9.17) is 0 Å². The van der Waals surface area contributed by atoms with Gasteiger partial charge < -0.3 is 10.6 Å². The highest BCUT2D eigenvalue weighted by Crippen LogP contribution is 2.26. The summed E-state index contributed by atoms with van der Waals surface area (Å²) in [6, 6.07) is 7.23. The Labute approximate surface area is 157 Å². The van der Waals surface area contributed by atoms with Crippen LogP contribution in [0.4, 0.5) is 10.6 Å². The Morgan fingerprint density at radius 3 is 2.58 bits per heavy atom. The SMILES string of the molecule is CCNc1nc(SC(C)C(=O)NC(=O)NCC(C)C)nc2ccccc12. The van der Waals surface area contributed by atoms with Gasteiger partial charge >= 0.3 is 6.03 Å². The number of amides is 3. The summed E-state index contributed by atoms with van der Waals surface area (Å²) in [7, 11) is 0. The van der Waals surface area contributed by atoms with E-state index in [1.54, 1.807) is 6.92 Å². The van der Waals surface area contributed by atoms with Crippen LogP contribution in [0.1, 0.15) is 27.7 Å². The van der Waals surface area contributed by atoms with E-state index in [1.807, 2.05) is 45.0 Å². The molecule has 3 amide bonds. The Bertz CT molecular complexity index is 781. The molecule has 140 valence electrons. The molecule has 1 aromatic carbocycles. The molecular formula is C18H25N5O2S. The average Bonchev–Trinajstić information content (AvgIpc) is 2.60. The summed E-state index contributed by atoms with van der Waals surface area (Å²) in [5.41, 5.74) is 0.809. The zero-order valence-electron chi connectivity index (χ0n) is 15.5. The number of imide groups is 1. The number of nitrogens with zero attached hydrogens (tertiary/aromatic N) is 2. The quantitative estimate of drug-likeness (QED) is 0.508. The fraction of sp³-hybridized carbons (Fsp3) is 0.444. The minimum Gasteiger partial charge on any atom is -0.370 e. The van der Waals surface area contributed by atoms with E-state index in [0.29, 0.717) is 17.6 Å². The third-order valence-corrected chi connectivity index (χ3v) is 4.45. The van der Waals surface area contributed by atoms with Crippen molar-refractivity contribution in [1.29, 1.82) is 0 Å². The van der Waals surface area contributed by atoms with E-state index < -0.39 is 11.3 Å². The highest BCUT2D eigenvalue weighted by Gasteiger charge is 2.19. The first-order valence-corrected chi connectivity index (χ1v) is 9.54. The minimum absolute atomic E-state index is 0.318. The molecule has 0 aliphatic rings. The molecule has 1 atom stereocenters. The molecule has 1 heterocycles. The molecule has 0 aliphatic carbocycles. The lowest BCUT2D eigenvalue weighted by atomic mass is 10.2. The highest BCUT2D eigenvalue weighted by molar-refractivity contribution is 8.00. The first kappa shape index (κ1) is 20.0. The second-order valence-electron chi connectivity index (χ2n) is 6.26. The Kier molecular flexibility index (Phi) is 7.20. The summed E-state index contributed by atoms with van der Waals surface area (Å²) in [5.74, 6) is 0.680. The first-order valence-electron chi connectivity index (χ1n) is 8.66. The Morgan fingerprint density at radius 2 is 1.88 bits per heavy atom. The number of aromatic nitrogens is 2. The van der Waals surface area contributed by atoms with Crippen LogP contribution in [-0.4, -0.2) is 40.2 Å². The fourth-order valence-electron chi connectivity index (χ4n) is 2.18. The molecule has 3 N–H and O–H groups in total. The van der Waals surface area contributed by atoms with E-state index in [-0.39, 0.29) is 5.91 Å². The number of benzene rings is 1. The van der Waals surface area contributed by atoms with Gasteiger partial charge in [-0.3, -0.25) is 10.1 Å². The van der Waals surface area contributed by atoms with Gasteiger partial charge in [-0.1, -0.05) is 37.7 Å². The van der Waals surface area contributed by atoms with Crippen molar-refractivity contribution < 1.29 is 9.59 Å². The lowest BCUT2D eigenvalue weighted by Crippen LogP contribution is -2.43. The summed E-state index contributed by atoms with van der Waals surface area (Å²) in [6.45, 7) is 8.94. The van der Waals surface area contributed by atoms with Gasteiger partial charge in [0.1, 0.15) is 5.82 Å². The monoisotopic (exact) mass is 375 g/mol. The standard InChI is InChI=1S/C18H25N5O2S/c1-5-19-15-13-8-6-7-9-14(13)21-18(22-15)26-12(4)16(24)23-17(25)20-10-11(2)3/h6-9,11-12H,5,10H2,1-4H3,(H,19,21,22)(H2,20,23,24,25). The number of carbonyl (C=O) groups is 2. The molecule has 0 fully saturated rings. The van der Waals surface area contributed by atoms with Crippen LogP contribution in [0.3, 0.4) is 0 Å². The third kappa shape index (κ3) is 5.59. The maximum atomic E-state index is 12.2. The molecule has 0 aliphatic heterocycles. The summed E-state index contributed by atoms with van der Waals surface area (Å²) >= 11 is 1.22. The van der Waals surface area contributed by atoms with Gasteiger partial charge in [0.25, 0.3) is 0 Å². The van der Waals surface area contributed by atoms with Crippen molar-refractivity contribution >= 4 is 40.4 Å². The normalized spacial score (nSPS) is 12.0. The van der Waals surface area contributed by atoms with Crippen molar-refractivity contribution in [2.75, 3.05) is 18.4 Å². The second-order valence-corrected chi connectivity index (χ2v) is 7.56. The molecule has 26 heavy (non-hydrogen) atoms. The van der Waals surface area contributed by atoms with Gasteiger partial charge in [-0.2, -0.15) is 0 Å². The molecule has 7 nitrogen and oxygen atoms in total. The maximum Gasteiger partial charge on any atom is 0.321 e. The number of anilines is 1. The highest BCUT2D eigenvalue weighted by atomic mass is 32.2. The maximum absolute atomic E-state index is 12.2. The lowest BCUT2D eigenvalue weighted by Gasteiger charge is -2.13. The largest absolute Gasteiger partial charge is 0.370 e. The summed E-state index contributed by atoms with van der Waals surface area (Å²) in [5, 5.41) is 9.16. The average molecular weight is 375 g/mol. The number of para-hydroxylation sites is 1. The van der Waals surface area contributed by atoms with Crippen molar-refractivity contribution in [2.24, 2.45) is 5.92 Å². The van der Waals surface area contributed by atoms with Gasteiger partial charge in [0.15, 0.2) is 5.16 Å². The molecule has 1 aromatic heterocycles. The molecule has 0 saturated heterocycles. The van der Waals surface area contributed by atoms with Crippen molar-refractivity contribution in [2.45, 2.75) is 38.1 Å². The van der Waals surface area contributed by atoms with Crippen molar-refractivity contribution in [3.05, 3.63) is 24.3 Å². The number of thioether (sulfide) groups is 1. The van der Waals surface area contributed by atoms with E-state index >= 15 is 0 Å². The van der Waals surface area contributed by atoms with Crippen LogP contribution in [0.2, 0.25) is 0 Å². The van der Waals surface area contributed by atoms with Gasteiger partial charge in [0.2, 0.25) is 5.91 Å². The van der Waals surface area contributed by atoms with Gasteiger partial charge in [-0.05, 0) is 31.9 Å². The number of urea groups is 1. The number of hydrogen-bond donors (Lipinski definition) is 3. The lowest BCUT2D eigenvalue weighted by molar-refractivity contribution is -0.119. The summed E-state index contributed by atoms with van der Waals surface area (Å²) in [6.07, 6.45) is 0. The van der Waals surface area contributed by atoms with Gasteiger partial charge in [0, 0.05) is 18.5 Å². The predicted octanol–water partition coefficient (Wildman–Crippen LogP) is 3.02. The van der Waals surface area contributed by atoms with Crippen LogP contribution in [-0.2, 0) is 4.79 Å². The van der Waals surface area contributed by atoms with Crippen LogP contribution >= 0.6 is 11.8 Å². The van der Waals surface area contributed by atoms with Crippen LogP contribution in [0.5, 0.6) is 0 Å². The number of rotatable bonds is 7. The number of nitrogens with one attached hydrogen (secondary N) is 3. The zero-order chi connectivity index (χ0) is 19.1. The molecule has 8 heteroatoms. The van der Waals surface area contributed by atoms with Gasteiger partial charge in [0.05, 0.1) is 10.8 Å².